The van der Waals surface area contributed by atoms with Crippen molar-refractivity contribution in [1.29, 1.82) is 0 Å². The van der Waals surface area contributed by atoms with E-state index in [9.17, 15) is 4.79 Å². The number of fused-ring (bicyclic) bond motifs is 1. The third kappa shape index (κ3) is 6.51. The number of carbonyl (C=O) groups excluding carboxylic acids is 1. The maximum atomic E-state index is 12.3. The monoisotopic (exact) mass is 426 g/mol. The molecule has 11 heteroatoms. The van der Waals surface area contributed by atoms with Gasteiger partial charge in [0.2, 0.25) is 5.91 Å². The summed E-state index contributed by atoms with van der Waals surface area (Å²) in [7, 11) is 1.95. The van der Waals surface area contributed by atoms with E-state index in [0.717, 1.165) is 37.3 Å². The largest absolute Gasteiger partial charge is 0.473 e. The minimum atomic E-state index is -1.82. The summed E-state index contributed by atoms with van der Waals surface area (Å²) >= 11 is 0. The van der Waals surface area contributed by atoms with Crippen LogP contribution in [0.15, 0.2) is 6.20 Å². The van der Waals surface area contributed by atoms with Crippen LogP contribution in [0.3, 0.4) is 0 Å². The number of aromatic nitrogens is 2. The van der Waals surface area contributed by atoms with Crippen LogP contribution in [-0.4, -0.2) is 82.2 Å². The first-order valence-corrected chi connectivity index (χ1v) is 9.88. The van der Waals surface area contributed by atoms with Gasteiger partial charge in [0.25, 0.3) is 0 Å². The summed E-state index contributed by atoms with van der Waals surface area (Å²) in [4.78, 5) is 32.5. The normalized spacial score (nSPS) is 19.0. The van der Waals surface area contributed by atoms with Crippen LogP contribution in [0.25, 0.3) is 0 Å². The second kappa shape index (κ2) is 11.0. The number of nitrogens with zero attached hydrogens (tertiary/aromatic N) is 3. The molecule has 2 aliphatic heterocycles. The zero-order valence-electron chi connectivity index (χ0n) is 17.5. The highest BCUT2D eigenvalue weighted by Gasteiger charge is 2.29. The van der Waals surface area contributed by atoms with Gasteiger partial charge in [-0.2, -0.15) is 5.10 Å². The number of hydrogen-bond acceptors (Lipinski definition) is 7. The van der Waals surface area contributed by atoms with Gasteiger partial charge in [-0.3, -0.25) is 14.4 Å². The molecule has 0 aliphatic carbocycles. The lowest BCUT2D eigenvalue weighted by molar-refractivity contribution is -0.159. The maximum Gasteiger partial charge on any atom is 0.414 e. The van der Waals surface area contributed by atoms with E-state index in [0.29, 0.717) is 31.8 Å². The minimum Gasteiger partial charge on any atom is -0.473 e. The number of amides is 1. The van der Waals surface area contributed by atoms with Gasteiger partial charge in [-0.15, -0.1) is 0 Å². The lowest BCUT2D eigenvalue weighted by Gasteiger charge is -2.29. The Morgan fingerprint density at radius 2 is 1.87 bits per heavy atom. The lowest BCUT2D eigenvalue weighted by Crippen LogP contribution is -2.42. The van der Waals surface area contributed by atoms with Crippen molar-refractivity contribution in [1.82, 2.24) is 20.0 Å². The first kappa shape index (κ1) is 23.8. The number of aliphatic carboxylic acids is 2. The van der Waals surface area contributed by atoms with Crippen LogP contribution in [0.1, 0.15) is 50.0 Å². The fourth-order valence-electron chi connectivity index (χ4n) is 3.22. The molecule has 11 nitrogen and oxygen atoms in total. The van der Waals surface area contributed by atoms with Crippen molar-refractivity contribution in [2.45, 2.75) is 51.4 Å². The van der Waals surface area contributed by atoms with E-state index in [4.69, 9.17) is 29.3 Å². The van der Waals surface area contributed by atoms with Crippen molar-refractivity contribution in [3.63, 3.8) is 0 Å². The molecule has 2 aliphatic rings. The highest BCUT2D eigenvalue weighted by atomic mass is 16.5. The van der Waals surface area contributed by atoms with Gasteiger partial charge < -0.3 is 25.0 Å². The summed E-state index contributed by atoms with van der Waals surface area (Å²) in [6.45, 7) is 7.16. The highest BCUT2D eigenvalue weighted by molar-refractivity contribution is 6.27. The predicted molar refractivity (Wildman–Crippen MR) is 105 cm³/mol. The van der Waals surface area contributed by atoms with E-state index in [-0.39, 0.29) is 11.9 Å². The number of carboxylic acid groups (broad SMARTS) is 2. The van der Waals surface area contributed by atoms with Gasteiger partial charge in [-0.25, -0.2) is 9.59 Å². The van der Waals surface area contributed by atoms with Crippen LogP contribution in [0.2, 0.25) is 0 Å². The summed E-state index contributed by atoms with van der Waals surface area (Å²) < 4.78 is 13.2. The third-order valence-electron chi connectivity index (χ3n) is 5.16. The summed E-state index contributed by atoms with van der Waals surface area (Å²) in [5.74, 6) is -3.63. The molecule has 0 aromatic carbocycles. The number of ether oxygens (including phenoxy) is 2. The predicted octanol–water partition coefficient (Wildman–Crippen LogP) is 0.418. The average molecular weight is 426 g/mol. The number of carboxylic acids is 2. The number of hydrogen-bond donors (Lipinski definition) is 3. The zero-order chi connectivity index (χ0) is 22.3. The lowest BCUT2D eigenvalue weighted by atomic mass is 10.0. The van der Waals surface area contributed by atoms with Crippen molar-refractivity contribution in [3.8, 4) is 0 Å². The molecule has 0 saturated carbocycles. The SMILES string of the molecule is CC(C)N(C)CC(=O)NC1COCc2c1cnn2C1CCOCC1.O=C(O)C(=O)O. The van der Waals surface area contributed by atoms with Gasteiger partial charge in [0.15, 0.2) is 0 Å². The topological polar surface area (TPSA) is 143 Å². The fraction of sp³-hybridized carbons (Fsp3) is 0.684. The Morgan fingerprint density at radius 1 is 1.23 bits per heavy atom. The molecule has 1 amide bonds. The van der Waals surface area contributed by atoms with Gasteiger partial charge in [0.1, 0.15) is 0 Å². The molecule has 3 heterocycles. The molecule has 0 radical (unpaired) electrons. The highest BCUT2D eigenvalue weighted by Crippen LogP contribution is 2.29. The second-order valence-electron chi connectivity index (χ2n) is 7.59. The van der Waals surface area contributed by atoms with Crippen molar-refractivity contribution in [2.75, 3.05) is 33.4 Å². The molecular formula is C19H30N4O7. The average Bonchev–Trinajstić information content (AvgIpc) is 3.14. The molecule has 3 rings (SSSR count). The zero-order valence-corrected chi connectivity index (χ0v) is 17.5. The van der Waals surface area contributed by atoms with Gasteiger partial charge in [0, 0.05) is 24.8 Å². The molecule has 3 N–H and O–H groups in total. The molecule has 1 unspecified atom stereocenters. The first-order chi connectivity index (χ1) is 14.2. The molecule has 1 fully saturated rings. The Kier molecular flexibility index (Phi) is 8.75. The number of rotatable bonds is 5. The smallest absolute Gasteiger partial charge is 0.414 e. The van der Waals surface area contributed by atoms with E-state index < -0.39 is 11.9 Å². The van der Waals surface area contributed by atoms with Crippen molar-refractivity contribution in [3.05, 3.63) is 17.5 Å². The summed E-state index contributed by atoms with van der Waals surface area (Å²) in [5, 5.41) is 22.5. The maximum absolute atomic E-state index is 12.3. The summed E-state index contributed by atoms with van der Waals surface area (Å²) in [6.07, 6.45) is 3.85. The second-order valence-corrected chi connectivity index (χ2v) is 7.59. The third-order valence-corrected chi connectivity index (χ3v) is 5.16. The van der Waals surface area contributed by atoms with E-state index in [1.165, 1.54) is 0 Å². The van der Waals surface area contributed by atoms with Crippen LogP contribution >= 0.6 is 0 Å². The molecule has 168 valence electrons. The van der Waals surface area contributed by atoms with Crippen molar-refractivity contribution >= 4 is 17.8 Å². The molecule has 1 aromatic rings. The van der Waals surface area contributed by atoms with E-state index in [2.05, 4.69) is 28.9 Å². The quantitative estimate of drug-likeness (QED) is 0.571. The molecule has 30 heavy (non-hydrogen) atoms. The van der Waals surface area contributed by atoms with Crippen molar-refractivity contribution in [2.24, 2.45) is 0 Å². The first-order valence-electron chi connectivity index (χ1n) is 9.88. The molecule has 0 spiro atoms. The van der Waals surface area contributed by atoms with Crippen LogP contribution in [0.5, 0.6) is 0 Å². The Labute approximate surface area is 174 Å². The van der Waals surface area contributed by atoms with Gasteiger partial charge in [-0.1, -0.05) is 0 Å². The van der Waals surface area contributed by atoms with E-state index in [1.807, 2.05) is 18.1 Å². The number of nitrogens with one attached hydrogen (secondary N) is 1. The molecule has 1 saturated heterocycles. The Hall–Kier alpha value is -2.50. The summed E-state index contributed by atoms with van der Waals surface area (Å²) in [5.41, 5.74) is 2.18. The number of carbonyl (C=O) groups is 3. The molecule has 1 aromatic heterocycles. The fourth-order valence-corrected chi connectivity index (χ4v) is 3.22. The Balaban J connectivity index is 0.000000469. The summed E-state index contributed by atoms with van der Waals surface area (Å²) in [6, 6.07) is 0.591. The Morgan fingerprint density at radius 3 is 2.43 bits per heavy atom. The van der Waals surface area contributed by atoms with Crippen LogP contribution in [0.4, 0.5) is 0 Å². The van der Waals surface area contributed by atoms with E-state index >= 15 is 0 Å². The van der Waals surface area contributed by atoms with Crippen LogP contribution in [-0.2, 0) is 30.5 Å². The molecule has 1 atom stereocenters. The van der Waals surface area contributed by atoms with Gasteiger partial charge in [-0.05, 0) is 33.7 Å². The minimum absolute atomic E-state index is 0.0199. The van der Waals surface area contributed by atoms with E-state index in [1.54, 1.807) is 0 Å². The standard InChI is InChI=1S/C17H28N4O3.C2H2O4/c1-12(2)20(3)9-17(22)19-15-10-24-11-16-14(15)8-18-21(16)13-4-6-23-7-5-13;3-1(4)2(5)6/h8,12-13,15H,4-7,9-11H2,1-3H3,(H,19,22);(H,3,4)(H,5,6). The van der Waals surface area contributed by atoms with Gasteiger partial charge >= 0.3 is 11.9 Å². The Bertz CT molecular complexity index is 731. The van der Waals surface area contributed by atoms with Crippen molar-refractivity contribution < 1.29 is 34.1 Å². The van der Waals surface area contributed by atoms with Crippen LogP contribution in [0, 0.1) is 0 Å². The number of likely N-dealkylation sites (N-methyl/N-ethyl adjacent to an activating group) is 1. The molecular weight excluding hydrogens is 396 g/mol. The van der Waals surface area contributed by atoms with Crippen LogP contribution < -0.4 is 5.32 Å². The van der Waals surface area contributed by atoms with Gasteiger partial charge in [0.05, 0.1) is 43.7 Å². The molecule has 0 bridgehead atoms.